The summed E-state index contributed by atoms with van der Waals surface area (Å²) >= 11 is 0. The van der Waals surface area contributed by atoms with Gasteiger partial charge in [-0.3, -0.25) is 4.79 Å². The predicted octanol–water partition coefficient (Wildman–Crippen LogP) is 1.69. The standard InChI is InChI=1S/C35H43NO13/c1-16-18-13-21-34-15-46-35(30(43)45-6,27(40)23(39)25(34)33(18,5)14-20(37)22(16)38)26(34)24(29(42)47-21)48-28(41)19(12-17-10-8-7-9-11-17)36-31(44)49-32(2,3)4/h7-11,18-19,21,23-27,38-40H,12-15H2,1-6H3,(H,36,44). The van der Waals surface area contributed by atoms with Crippen molar-refractivity contribution in [3.8, 4) is 0 Å². The summed E-state index contributed by atoms with van der Waals surface area (Å²) in [6, 6.07) is 7.37. The van der Waals surface area contributed by atoms with Crippen LogP contribution in [0.2, 0.25) is 0 Å². The van der Waals surface area contributed by atoms with Crippen LogP contribution in [0.5, 0.6) is 0 Å². The Balaban J connectivity index is 1.44. The average Bonchev–Trinajstić information content (AvgIpc) is 3.33. The lowest BCUT2D eigenvalue weighted by molar-refractivity contribution is -0.290. The Kier molecular flexibility index (Phi) is 8.39. The number of aliphatic hydroxyl groups excluding tert-OH is 3. The molecule has 2 saturated carbocycles. The zero-order valence-electron chi connectivity index (χ0n) is 28.3. The number of aliphatic hydroxyl groups is 3. The smallest absolute Gasteiger partial charge is 0.408 e. The molecule has 11 atom stereocenters. The van der Waals surface area contributed by atoms with E-state index in [2.05, 4.69) is 5.32 Å². The number of hydrogen-bond donors (Lipinski definition) is 4. The summed E-state index contributed by atoms with van der Waals surface area (Å²) in [5.74, 6) is -7.16. The SMILES string of the molecule is COC(=O)C12OCC34C(CC5C(C)=C(O)C(=O)CC5(C)C3C(O)C1O)OC(=O)C(OC(=O)C(Cc1ccccc1)NC(=O)OC(C)(C)C)C24. The van der Waals surface area contributed by atoms with Crippen LogP contribution in [0.4, 0.5) is 4.79 Å². The number of hydrogen-bond acceptors (Lipinski definition) is 13. The summed E-state index contributed by atoms with van der Waals surface area (Å²) in [4.78, 5) is 67.7. The predicted molar refractivity (Wildman–Crippen MR) is 166 cm³/mol. The highest BCUT2D eigenvalue weighted by molar-refractivity contribution is 5.95. The fourth-order valence-corrected chi connectivity index (χ4v) is 9.56. The van der Waals surface area contributed by atoms with E-state index in [4.69, 9.17) is 23.7 Å². The highest BCUT2D eigenvalue weighted by atomic mass is 16.6. The largest absolute Gasteiger partial charge is 0.504 e. The first-order valence-corrected chi connectivity index (χ1v) is 16.4. The van der Waals surface area contributed by atoms with Crippen LogP contribution in [0, 0.1) is 28.6 Å². The number of benzene rings is 1. The van der Waals surface area contributed by atoms with E-state index in [9.17, 15) is 39.3 Å². The Morgan fingerprint density at radius 3 is 2.41 bits per heavy atom. The van der Waals surface area contributed by atoms with E-state index in [1.54, 1.807) is 65.0 Å². The zero-order chi connectivity index (χ0) is 35.8. The van der Waals surface area contributed by atoms with Crippen LogP contribution in [-0.4, -0.2) is 100 Å². The van der Waals surface area contributed by atoms with Crippen molar-refractivity contribution in [1.29, 1.82) is 0 Å². The molecular formula is C35H43NO13. The molecule has 5 aliphatic rings. The van der Waals surface area contributed by atoms with Crippen molar-refractivity contribution >= 4 is 29.8 Å². The highest BCUT2D eigenvalue weighted by Crippen LogP contribution is 2.72. The molecular weight excluding hydrogens is 642 g/mol. The molecule has 2 saturated heterocycles. The molecule has 266 valence electrons. The van der Waals surface area contributed by atoms with Crippen molar-refractivity contribution in [2.45, 2.75) is 95.5 Å². The van der Waals surface area contributed by atoms with Crippen LogP contribution in [0.15, 0.2) is 41.7 Å². The Hall–Kier alpha value is -4.01. The molecule has 1 spiro atoms. The average molecular weight is 686 g/mol. The van der Waals surface area contributed by atoms with Gasteiger partial charge in [0.2, 0.25) is 11.7 Å². The van der Waals surface area contributed by atoms with E-state index in [1.807, 2.05) is 0 Å². The maximum atomic E-state index is 14.1. The fraction of sp³-hybridized carbons (Fsp3) is 0.629. The molecule has 2 bridgehead atoms. The van der Waals surface area contributed by atoms with Crippen LogP contribution >= 0.6 is 0 Å². The fourth-order valence-electron chi connectivity index (χ4n) is 9.56. The summed E-state index contributed by atoms with van der Waals surface area (Å²) in [6.45, 7) is 8.00. The van der Waals surface area contributed by atoms with E-state index in [1.165, 1.54) is 0 Å². The Morgan fingerprint density at radius 2 is 1.78 bits per heavy atom. The van der Waals surface area contributed by atoms with Crippen molar-refractivity contribution in [2.24, 2.45) is 28.6 Å². The van der Waals surface area contributed by atoms with Gasteiger partial charge in [0, 0.05) is 24.2 Å². The van der Waals surface area contributed by atoms with Crippen LogP contribution in [0.25, 0.3) is 0 Å². The lowest BCUT2D eigenvalue weighted by Gasteiger charge is -2.67. The minimum absolute atomic E-state index is 0.0569. The first-order chi connectivity index (χ1) is 22.9. The van der Waals surface area contributed by atoms with Gasteiger partial charge in [0.1, 0.15) is 23.9 Å². The molecule has 4 N–H and O–H groups in total. The number of rotatable bonds is 6. The summed E-state index contributed by atoms with van der Waals surface area (Å²) in [7, 11) is 1.06. The first kappa shape index (κ1) is 34.8. The number of methoxy groups -OCH3 is 1. The quantitative estimate of drug-likeness (QED) is 0.249. The molecule has 0 aromatic heterocycles. The zero-order valence-corrected chi connectivity index (χ0v) is 28.3. The van der Waals surface area contributed by atoms with E-state index in [0.29, 0.717) is 11.1 Å². The van der Waals surface area contributed by atoms with Crippen molar-refractivity contribution in [3.63, 3.8) is 0 Å². The van der Waals surface area contributed by atoms with Gasteiger partial charge in [0.15, 0.2) is 11.5 Å². The van der Waals surface area contributed by atoms with Gasteiger partial charge >= 0.3 is 24.0 Å². The van der Waals surface area contributed by atoms with Crippen molar-refractivity contribution < 1.29 is 63.0 Å². The Bertz CT molecular complexity index is 1600. The number of fused-ring (bicyclic) bond motifs is 2. The van der Waals surface area contributed by atoms with Gasteiger partial charge in [-0.15, -0.1) is 0 Å². The number of ketones is 1. The first-order valence-electron chi connectivity index (χ1n) is 16.4. The molecule has 49 heavy (non-hydrogen) atoms. The maximum Gasteiger partial charge on any atom is 0.408 e. The third kappa shape index (κ3) is 5.13. The molecule has 1 aromatic rings. The molecule has 3 aliphatic carbocycles. The van der Waals surface area contributed by atoms with E-state index < -0.39 is 106 Å². The van der Waals surface area contributed by atoms with Gasteiger partial charge < -0.3 is 44.3 Å². The van der Waals surface area contributed by atoms with Crippen LogP contribution in [-0.2, 0) is 49.3 Å². The van der Waals surface area contributed by atoms with Gasteiger partial charge in [0.25, 0.3) is 0 Å². The molecule has 0 radical (unpaired) electrons. The molecule has 2 heterocycles. The maximum absolute atomic E-state index is 14.1. The lowest BCUT2D eigenvalue weighted by atomic mass is 9.38. The normalized spacial score (nSPS) is 38.4. The monoisotopic (exact) mass is 685 g/mol. The minimum atomic E-state index is -2.37. The number of Topliss-reactive ketones (excluding diaryl/α,β-unsaturated/α-hetero) is 1. The molecule has 1 amide bonds. The molecule has 4 fully saturated rings. The third-order valence-electron chi connectivity index (χ3n) is 11.3. The number of nitrogens with one attached hydrogen (secondary N) is 1. The highest BCUT2D eigenvalue weighted by Gasteiger charge is 2.85. The third-order valence-corrected chi connectivity index (χ3v) is 11.3. The topological polar surface area (TPSA) is 204 Å². The number of alkyl carbamates (subject to hydrolysis) is 1. The van der Waals surface area contributed by atoms with Crippen molar-refractivity contribution in [2.75, 3.05) is 13.7 Å². The molecule has 2 aliphatic heterocycles. The van der Waals surface area contributed by atoms with E-state index >= 15 is 0 Å². The number of carbonyl (C=O) groups excluding carboxylic acids is 5. The van der Waals surface area contributed by atoms with Gasteiger partial charge in [-0.05, 0) is 56.6 Å². The lowest BCUT2D eigenvalue weighted by Crippen LogP contribution is -2.79. The molecule has 6 rings (SSSR count). The number of ether oxygens (including phenoxy) is 5. The van der Waals surface area contributed by atoms with E-state index in [0.717, 1.165) is 7.11 Å². The second kappa shape index (κ2) is 11.8. The van der Waals surface area contributed by atoms with Gasteiger partial charge in [-0.1, -0.05) is 37.3 Å². The minimum Gasteiger partial charge on any atom is -0.504 e. The number of allylic oxidation sites excluding steroid dienone is 2. The number of amides is 1. The van der Waals surface area contributed by atoms with Crippen molar-refractivity contribution in [1.82, 2.24) is 5.32 Å². The van der Waals surface area contributed by atoms with Gasteiger partial charge in [-0.2, -0.15) is 0 Å². The van der Waals surface area contributed by atoms with Crippen LogP contribution in [0.3, 0.4) is 0 Å². The van der Waals surface area contributed by atoms with E-state index in [-0.39, 0.29) is 25.9 Å². The number of esters is 3. The molecule has 1 aromatic carbocycles. The van der Waals surface area contributed by atoms with Crippen LogP contribution in [0.1, 0.15) is 53.0 Å². The summed E-state index contributed by atoms with van der Waals surface area (Å²) < 4.78 is 28.6. The van der Waals surface area contributed by atoms with Gasteiger partial charge in [-0.25, -0.2) is 19.2 Å². The van der Waals surface area contributed by atoms with Crippen molar-refractivity contribution in [3.05, 3.63) is 47.2 Å². The second-order valence-corrected chi connectivity index (χ2v) is 15.2. The number of carbonyl (C=O) groups is 5. The van der Waals surface area contributed by atoms with Crippen LogP contribution < -0.4 is 5.32 Å². The molecule has 14 heteroatoms. The summed E-state index contributed by atoms with van der Waals surface area (Å²) in [5.41, 5.74) is -4.81. The Labute approximate surface area is 283 Å². The summed E-state index contributed by atoms with van der Waals surface area (Å²) in [5, 5.41) is 36.9. The van der Waals surface area contributed by atoms with Gasteiger partial charge in [0.05, 0.1) is 25.7 Å². The molecule has 11 unspecified atom stereocenters. The second-order valence-electron chi connectivity index (χ2n) is 15.2. The Morgan fingerprint density at radius 1 is 1.10 bits per heavy atom. The molecule has 14 nitrogen and oxygen atoms in total. The summed E-state index contributed by atoms with van der Waals surface area (Å²) in [6.07, 6.45) is -7.64.